The van der Waals surface area contributed by atoms with E-state index in [0.29, 0.717) is 32.3 Å². The Morgan fingerprint density at radius 1 is 1.04 bits per heavy atom. The van der Waals surface area contributed by atoms with Gasteiger partial charge in [0.1, 0.15) is 18.1 Å². The van der Waals surface area contributed by atoms with Gasteiger partial charge >= 0.3 is 0 Å². The van der Waals surface area contributed by atoms with Crippen LogP contribution in [0.5, 0.6) is 11.5 Å². The Balaban J connectivity index is 1.31. The Bertz CT molecular complexity index is 587. The monoisotopic (exact) mass is 389 g/mol. The molecule has 2 aliphatic rings. The van der Waals surface area contributed by atoms with Crippen LogP contribution in [0.2, 0.25) is 0 Å². The zero-order valence-corrected chi connectivity index (χ0v) is 17.2. The normalized spacial score (nSPS) is 21.2. The molecule has 0 saturated carbocycles. The largest absolute Gasteiger partial charge is 0.494 e. The van der Waals surface area contributed by atoms with Crippen molar-refractivity contribution < 1.29 is 14.3 Å². The summed E-state index contributed by atoms with van der Waals surface area (Å²) in [4.78, 5) is 17.2. The fourth-order valence-electron chi connectivity index (χ4n) is 4.17. The third kappa shape index (κ3) is 6.67. The predicted octanol–water partition coefficient (Wildman–Crippen LogP) is 2.53. The molecular formula is C22H35N3O3. The molecule has 28 heavy (non-hydrogen) atoms. The number of piperidine rings is 2. The molecule has 2 aliphatic heterocycles. The van der Waals surface area contributed by atoms with Gasteiger partial charge in [0.25, 0.3) is 0 Å². The van der Waals surface area contributed by atoms with E-state index >= 15 is 0 Å². The molecule has 0 aromatic heterocycles. The topological polar surface area (TPSA) is 54.0 Å². The zero-order valence-electron chi connectivity index (χ0n) is 17.2. The lowest BCUT2D eigenvalue weighted by Gasteiger charge is -2.40. The van der Waals surface area contributed by atoms with Crippen LogP contribution < -0.4 is 14.8 Å². The van der Waals surface area contributed by atoms with E-state index in [1.165, 1.54) is 45.2 Å². The summed E-state index contributed by atoms with van der Waals surface area (Å²) in [6.07, 6.45) is 6.48. The summed E-state index contributed by atoms with van der Waals surface area (Å²) in [7, 11) is 0. The molecule has 1 unspecified atom stereocenters. The standard InChI is InChI=1S/C22H35N3O3/c1-2-27-20-8-10-21(11-9-20)28-16-12-23-22(26)18-24-13-6-7-19(17-24)25-14-4-3-5-15-25/h8-11,19H,2-7,12-18H2,1H3,(H,23,26). The molecule has 6 nitrogen and oxygen atoms in total. The lowest BCUT2D eigenvalue weighted by molar-refractivity contribution is -0.122. The fraction of sp³-hybridized carbons (Fsp3) is 0.682. The maximum Gasteiger partial charge on any atom is 0.234 e. The maximum atomic E-state index is 12.3. The highest BCUT2D eigenvalue weighted by Crippen LogP contribution is 2.20. The SMILES string of the molecule is CCOc1ccc(OCCNC(=O)CN2CCCC(N3CCCCC3)C2)cc1. The minimum absolute atomic E-state index is 0.0922. The maximum absolute atomic E-state index is 12.3. The van der Waals surface area contributed by atoms with Crippen molar-refractivity contribution in [2.45, 2.75) is 45.1 Å². The number of amides is 1. The highest BCUT2D eigenvalue weighted by atomic mass is 16.5. The van der Waals surface area contributed by atoms with Gasteiger partial charge in [0, 0.05) is 12.6 Å². The van der Waals surface area contributed by atoms with Gasteiger partial charge in [-0.1, -0.05) is 6.42 Å². The number of ether oxygens (including phenoxy) is 2. The van der Waals surface area contributed by atoms with Crippen molar-refractivity contribution in [3.8, 4) is 11.5 Å². The van der Waals surface area contributed by atoms with Crippen LogP contribution in [0.15, 0.2) is 24.3 Å². The number of nitrogens with zero attached hydrogens (tertiary/aromatic N) is 2. The quantitative estimate of drug-likeness (QED) is 0.658. The van der Waals surface area contributed by atoms with Crippen LogP contribution in [-0.4, -0.2) is 74.2 Å². The first kappa shape index (κ1) is 20.9. The number of hydrogen-bond acceptors (Lipinski definition) is 5. The molecule has 0 radical (unpaired) electrons. The molecule has 0 bridgehead atoms. The number of hydrogen-bond donors (Lipinski definition) is 1. The molecule has 1 aromatic rings. The van der Waals surface area contributed by atoms with Gasteiger partial charge in [-0.25, -0.2) is 0 Å². The zero-order chi connectivity index (χ0) is 19.6. The Morgan fingerprint density at radius 3 is 2.46 bits per heavy atom. The van der Waals surface area contributed by atoms with Gasteiger partial charge < -0.3 is 14.8 Å². The first-order chi connectivity index (χ1) is 13.7. The number of carbonyl (C=O) groups excluding carboxylic acids is 1. The molecule has 2 saturated heterocycles. The second kappa shape index (κ2) is 11.3. The van der Waals surface area contributed by atoms with E-state index in [2.05, 4.69) is 15.1 Å². The summed E-state index contributed by atoms with van der Waals surface area (Å²) in [6, 6.07) is 8.20. The van der Waals surface area contributed by atoms with E-state index in [9.17, 15) is 4.79 Å². The van der Waals surface area contributed by atoms with E-state index in [1.54, 1.807) is 0 Å². The minimum Gasteiger partial charge on any atom is -0.494 e. The Labute approximate surface area is 169 Å². The van der Waals surface area contributed by atoms with E-state index in [0.717, 1.165) is 24.6 Å². The van der Waals surface area contributed by atoms with Gasteiger partial charge in [0.15, 0.2) is 0 Å². The lowest BCUT2D eigenvalue weighted by atomic mass is 10.0. The van der Waals surface area contributed by atoms with E-state index in [4.69, 9.17) is 9.47 Å². The van der Waals surface area contributed by atoms with Crippen molar-refractivity contribution in [2.75, 3.05) is 52.5 Å². The molecular weight excluding hydrogens is 354 g/mol. The van der Waals surface area contributed by atoms with Crippen LogP contribution in [-0.2, 0) is 4.79 Å². The Hall–Kier alpha value is -1.79. The number of carbonyl (C=O) groups is 1. The highest BCUT2D eigenvalue weighted by molar-refractivity contribution is 5.78. The molecule has 6 heteroatoms. The molecule has 2 fully saturated rings. The number of benzene rings is 1. The number of likely N-dealkylation sites (tertiary alicyclic amines) is 2. The van der Waals surface area contributed by atoms with Crippen molar-refractivity contribution in [3.05, 3.63) is 24.3 Å². The second-order valence-electron chi connectivity index (χ2n) is 7.73. The van der Waals surface area contributed by atoms with Crippen molar-refractivity contribution in [1.29, 1.82) is 0 Å². The van der Waals surface area contributed by atoms with Crippen LogP contribution in [0.4, 0.5) is 0 Å². The van der Waals surface area contributed by atoms with Gasteiger partial charge in [-0.2, -0.15) is 0 Å². The summed E-state index contributed by atoms with van der Waals surface area (Å²) in [5, 5.41) is 2.98. The molecule has 1 atom stereocenters. The fourth-order valence-corrected chi connectivity index (χ4v) is 4.17. The van der Waals surface area contributed by atoms with Crippen LogP contribution in [0.1, 0.15) is 39.0 Å². The average molecular weight is 390 g/mol. The summed E-state index contributed by atoms with van der Waals surface area (Å²) < 4.78 is 11.1. The number of rotatable bonds is 9. The lowest BCUT2D eigenvalue weighted by Crippen LogP contribution is -2.51. The van der Waals surface area contributed by atoms with Gasteiger partial charge in [0.05, 0.1) is 19.7 Å². The predicted molar refractivity (Wildman–Crippen MR) is 111 cm³/mol. The van der Waals surface area contributed by atoms with Gasteiger partial charge in [0.2, 0.25) is 5.91 Å². The Morgan fingerprint density at radius 2 is 1.75 bits per heavy atom. The van der Waals surface area contributed by atoms with Crippen LogP contribution in [0, 0.1) is 0 Å². The minimum atomic E-state index is 0.0922. The summed E-state index contributed by atoms with van der Waals surface area (Å²) in [6.45, 7) is 8.61. The molecule has 1 aromatic carbocycles. The number of nitrogens with one attached hydrogen (secondary N) is 1. The smallest absolute Gasteiger partial charge is 0.234 e. The summed E-state index contributed by atoms with van der Waals surface area (Å²) in [5.41, 5.74) is 0. The molecule has 156 valence electrons. The van der Waals surface area contributed by atoms with E-state index in [-0.39, 0.29) is 5.91 Å². The van der Waals surface area contributed by atoms with Crippen molar-refractivity contribution in [1.82, 2.24) is 15.1 Å². The molecule has 2 heterocycles. The first-order valence-electron chi connectivity index (χ1n) is 10.8. The van der Waals surface area contributed by atoms with Gasteiger partial charge in [-0.05, 0) is 76.5 Å². The van der Waals surface area contributed by atoms with Crippen LogP contribution in [0.25, 0.3) is 0 Å². The summed E-state index contributed by atoms with van der Waals surface area (Å²) >= 11 is 0. The third-order valence-corrected chi connectivity index (χ3v) is 5.58. The second-order valence-corrected chi connectivity index (χ2v) is 7.73. The van der Waals surface area contributed by atoms with Crippen molar-refractivity contribution >= 4 is 5.91 Å². The van der Waals surface area contributed by atoms with Crippen molar-refractivity contribution in [3.63, 3.8) is 0 Å². The van der Waals surface area contributed by atoms with Crippen LogP contribution in [0.3, 0.4) is 0 Å². The van der Waals surface area contributed by atoms with Gasteiger partial charge in [-0.3, -0.25) is 14.6 Å². The first-order valence-corrected chi connectivity index (χ1v) is 10.8. The Kier molecular flexibility index (Phi) is 8.42. The van der Waals surface area contributed by atoms with E-state index in [1.807, 2.05) is 31.2 Å². The van der Waals surface area contributed by atoms with Crippen LogP contribution >= 0.6 is 0 Å². The molecule has 1 N–H and O–H groups in total. The van der Waals surface area contributed by atoms with Crippen molar-refractivity contribution in [2.24, 2.45) is 0 Å². The molecule has 3 rings (SSSR count). The molecule has 1 amide bonds. The molecule has 0 spiro atoms. The van der Waals surface area contributed by atoms with E-state index < -0.39 is 0 Å². The average Bonchev–Trinajstić information content (AvgIpc) is 2.73. The highest BCUT2D eigenvalue weighted by Gasteiger charge is 2.26. The summed E-state index contributed by atoms with van der Waals surface area (Å²) in [5.74, 6) is 1.72. The molecule has 0 aliphatic carbocycles. The third-order valence-electron chi connectivity index (χ3n) is 5.58. The van der Waals surface area contributed by atoms with Gasteiger partial charge in [-0.15, -0.1) is 0 Å².